The summed E-state index contributed by atoms with van der Waals surface area (Å²) in [7, 11) is 0. The van der Waals surface area contributed by atoms with Crippen LogP contribution in [0, 0.1) is 0 Å². The number of nitrogens with two attached hydrogens (primary N) is 1. The Kier molecular flexibility index (Phi) is 12.0. The summed E-state index contributed by atoms with van der Waals surface area (Å²) < 4.78 is 27.8. The topological polar surface area (TPSA) is 122 Å². The van der Waals surface area contributed by atoms with E-state index in [0.29, 0.717) is 89.7 Å². The number of benzene rings is 4. The number of furan rings is 1. The van der Waals surface area contributed by atoms with Crippen molar-refractivity contribution in [1.82, 2.24) is 0 Å². The second-order valence-electron chi connectivity index (χ2n) is 15.5. The molecule has 0 fully saturated rings. The van der Waals surface area contributed by atoms with Crippen LogP contribution in [0.5, 0.6) is 0 Å². The fourth-order valence-corrected chi connectivity index (χ4v) is 14.2. The molecule has 260 valence electrons. The molecule has 0 spiro atoms. The minimum absolute atomic E-state index is 0.00942. The van der Waals surface area contributed by atoms with Gasteiger partial charge in [0.25, 0.3) is 0 Å². The van der Waals surface area contributed by atoms with Crippen molar-refractivity contribution in [2.24, 2.45) is 0 Å². The van der Waals surface area contributed by atoms with Crippen molar-refractivity contribution in [3.05, 3.63) is 104 Å². The standard InChI is InChI=1S/C41H34NO7.5Y/c1-22-23(2)41(5,6)34-30(37(43)46-20-24-13-9-7-10-14-24)32(38(44)47-21-25-15-11-8-12-16-25)36-29(33(34)40(22,3)4)31-35(49-36)27-18-17-26(42)19-28(27)48-39(31)45;;;;;/h7-16H,20-21,42H2,1-6H3;;;;;. The number of carbonyl (C=O) groups excluding carboxylic acids is 2. The summed E-state index contributed by atoms with van der Waals surface area (Å²) in [5.74, 6) is -1.37. The van der Waals surface area contributed by atoms with Gasteiger partial charge in [0.1, 0.15) is 0 Å². The van der Waals surface area contributed by atoms with Crippen molar-refractivity contribution in [3.63, 3.8) is 0 Å². The normalized spacial score (nSPS) is 20.1. The summed E-state index contributed by atoms with van der Waals surface area (Å²) in [4.78, 5) is 44.3. The molecule has 2 unspecified atom stereocenters. The van der Waals surface area contributed by atoms with Crippen molar-refractivity contribution in [2.75, 3.05) is 5.73 Å². The van der Waals surface area contributed by atoms with E-state index < -0.39 is 28.4 Å². The van der Waals surface area contributed by atoms with E-state index in [2.05, 4.69) is 41.5 Å². The molecule has 6 aromatic rings. The summed E-state index contributed by atoms with van der Waals surface area (Å²) in [6.45, 7) is 13.4. The van der Waals surface area contributed by atoms with Crippen LogP contribution in [0.15, 0.2) is 74.3 Å². The van der Waals surface area contributed by atoms with Crippen LogP contribution < -0.4 is 18.5 Å². The Morgan fingerprint density at radius 2 is 1.09 bits per heavy atom. The number of hydrogen-bond donors (Lipinski definition) is 1. The minimum atomic E-state index is -0.728. The van der Waals surface area contributed by atoms with Crippen molar-refractivity contribution >= 4 is 57.7 Å². The van der Waals surface area contributed by atoms with Gasteiger partial charge < -0.3 is 0 Å². The van der Waals surface area contributed by atoms with Crippen molar-refractivity contribution in [2.45, 2.75) is 70.0 Å². The Labute approximate surface area is 413 Å². The molecule has 0 amide bonds. The van der Waals surface area contributed by atoms with Gasteiger partial charge in [-0.15, -0.1) is 0 Å². The Morgan fingerprint density at radius 1 is 0.611 bits per heavy atom. The first-order chi connectivity index (χ1) is 25.3. The Balaban J connectivity index is 1.69. The van der Waals surface area contributed by atoms with E-state index in [-0.39, 0.29) is 39.8 Å². The van der Waals surface area contributed by atoms with Gasteiger partial charge in [0, 0.05) is 0 Å². The number of rotatable bonds is 6. The first kappa shape index (κ1) is 42.3. The summed E-state index contributed by atoms with van der Waals surface area (Å²) in [5, 5.41) is 1.52. The van der Waals surface area contributed by atoms with E-state index in [9.17, 15) is 14.4 Å². The fraction of sp³-hybridized carbons (Fsp3) is 0.293. The molecule has 2 heterocycles. The van der Waals surface area contributed by atoms with E-state index in [1.807, 2.05) is 60.7 Å². The quantitative estimate of drug-likeness (QED) is 0.114. The average Bonchev–Trinajstić information content (AvgIpc) is 3.53. The van der Waals surface area contributed by atoms with Gasteiger partial charge in [0.05, 0.1) is 0 Å². The third kappa shape index (κ3) is 6.48. The van der Waals surface area contributed by atoms with Gasteiger partial charge in [-0.3, -0.25) is 0 Å². The van der Waals surface area contributed by atoms with Crippen LogP contribution in [0.3, 0.4) is 0 Å². The molecule has 4 aromatic carbocycles. The maximum absolute atomic E-state index is 14.9. The molecule has 13 heteroatoms. The molecule has 8 nitrogen and oxygen atoms in total. The second kappa shape index (κ2) is 15.3. The molecule has 54 heavy (non-hydrogen) atoms. The number of hydrogen-bond acceptors (Lipinski definition) is 8. The number of carbonyl (C=O) groups is 2. The third-order valence-corrected chi connectivity index (χ3v) is 27.1. The number of nitrogen functional groups attached to an aromatic ring is 1. The zero-order valence-electron chi connectivity index (χ0n) is 31.0. The monoisotopic (exact) mass is 1100 g/mol. The van der Waals surface area contributed by atoms with Gasteiger partial charge in [-0.2, -0.15) is 0 Å². The second-order valence-corrected chi connectivity index (χ2v) is 25.5. The van der Waals surface area contributed by atoms with Crippen molar-refractivity contribution < 1.29 is 183 Å². The van der Waals surface area contributed by atoms with Crippen molar-refractivity contribution in [1.29, 1.82) is 0 Å². The number of esters is 2. The molecule has 0 bridgehead atoms. The van der Waals surface area contributed by atoms with Crippen LogP contribution in [-0.2, 0) is 188 Å². The Morgan fingerprint density at radius 3 is 1.61 bits per heavy atom. The Bertz CT molecular complexity index is 2610. The van der Waals surface area contributed by atoms with E-state index in [4.69, 9.17) is 24.0 Å². The molecular weight excluding hydrogens is 1060 g/mol. The summed E-state index contributed by atoms with van der Waals surface area (Å²) in [6.07, 6.45) is 0. The van der Waals surface area contributed by atoms with Gasteiger partial charge >= 0.3 is 421 Å². The van der Waals surface area contributed by atoms with Crippen LogP contribution in [0.25, 0.3) is 32.9 Å². The molecule has 1 aliphatic carbocycles. The first-order valence-corrected chi connectivity index (χ1v) is 24.5. The van der Waals surface area contributed by atoms with Crippen LogP contribution >= 0.6 is 0 Å². The molecule has 0 radical (unpaired) electrons. The molecule has 2 N–H and O–H groups in total. The predicted molar refractivity (Wildman–Crippen MR) is 187 cm³/mol. The zero-order valence-corrected chi connectivity index (χ0v) is 45.2. The maximum atomic E-state index is 14.9. The van der Waals surface area contributed by atoms with Crippen molar-refractivity contribution in [3.8, 4) is 0 Å². The first-order valence-electron chi connectivity index (χ1n) is 17.4. The van der Waals surface area contributed by atoms with Crippen LogP contribution in [0.2, 0.25) is 4.45 Å². The van der Waals surface area contributed by atoms with Gasteiger partial charge in [-0.25, -0.2) is 0 Å². The number of fused-ring (bicyclic) bond motifs is 7. The zero-order chi connectivity index (χ0) is 39.3. The van der Waals surface area contributed by atoms with Crippen LogP contribution in [-0.4, -0.2) is 11.9 Å². The summed E-state index contributed by atoms with van der Waals surface area (Å²) >= 11 is 3.92. The molecule has 0 saturated carbocycles. The molecule has 7 rings (SSSR count). The van der Waals surface area contributed by atoms with Gasteiger partial charge in [-0.05, 0) is 0 Å². The molecular formula is C41H34NO7Y5. The summed E-state index contributed by atoms with van der Waals surface area (Å²) in [5.41, 5.74) is 9.65. The predicted octanol–water partition coefficient (Wildman–Crippen LogP) is 6.52. The van der Waals surface area contributed by atoms with Gasteiger partial charge in [0.15, 0.2) is 0 Å². The Hall–Kier alpha value is 0.149. The van der Waals surface area contributed by atoms with E-state index in [1.165, 1.54) is 0 Å². The fourth-order valence-electron chi connectivity index (χ4n) is 8.04. The third-order valence-electron chi connectivity index (χ3n) is 12.1. The average molecular weight is 1100 g/mol. The number of ether oxygens (including phenoxy) is 2. The van der Waals surface area contributed by atoms with E-state index >= 15 is 0 Å². The molecule has 1 aliphatic rings. The SMILES string of the molecule is CC1(C)c2c(C(=O)OCc3ccccc3)c(C(=O)OCc3ccccc3)c3oc4c5[c]([Y])[c]([Y])c(N)[c]([Y])c5oc(=O)c4c3c2C(C)(C)[C](C)([Y])[C]1(C)[Y]. The van der Waals surface area contributed by atoms with E-state index in [1.54, 1.807) is 0 Å². The molecule has 2 aromatic heterocycles. The molecule has 2 atom stereocenters. The number of anilines is 1. The van der Waals surface area contributed by atoms with Gasteiger partial charge in [-0.1, -0.05) is 0 Å². The van der Waals surface area contributed by atoms with E-state index in [0.717, 1.165) is 122 Å². The van der Waals surface area contributed by atoms with Crippen LogP contribution in [0.1, 0.15) is 84.5 Å². The molecule has 0 aliphatic heterocycles. The summed E-state index contributed by atoms with van der Waals surface area (Å²) in [6, 6.07) is 18.9. The van der Waals surface area contributed by atoms with Gasteiger partial charge in [0.2, 0.25) is 0 Å². The molecule has 0 saturated heterocycles. The van der Waals surface area contributed by atoms with Crippen LogP contribution in [0.4, 0.5) is 5.69 Å².